The fourth-order valence-electron chi connectivity index (χ4n) is 2.42. The van der Waals surface area contributed by atoms with Crippen molar-refractivity contribution in [3.05, 3.63) is 23.8 Å². The number of aryl methyl sites for hydroxylation is 1. The molecular formula is C15H23N3O2. The summed E-state index contributed by atoms with van der Waals surface area (Å²) in [6, 6.07) is 5.52. The second-order valence-electron chi connectivity index (χ2n) is 5.94. The summed E-state index contributed by atoms with van der Waals surface area (Å²) in [6.45, 7) is 8.62. The molecule has 5 nitrogen and oxygen atoms in total. The van der Waals surface area contributed by atoms with Crippen molar-refractivity contribution in [2.75, 3.05) is 37.3 Å². The van der Waals surface area contributed by atoms with Crippen LogP contribution in [-0.2, 0) is 9.53 Å². The molecule has 0 saturated carbocycles. The second kappa shape index (κ2) is 5.81. The van der Waals surface area contributed by atoms with Gasteiger partial charge in [-0.25, -0.2) is 0 Å². The van der Waals surface area contributed by atoms with E-state index in [0.29, 0.717) is 18.8 Å². The molecule has 0 bridgehead atoms. The molecule has 0 spiro atoms. The lowest BCUT2D eigenvalue weighted by Crippen LogP contribution is -2.50. The Morgan fingerprint density at radius 1 is 1.50 bits per heavy atom. The zero-order valence-electron chi connectivity index (χ0n) is 12.4. The molecule has 1 amide bonds. The molecule has 1 saturated heterocycles. The van der Waals surface area contributed by atoms with Crippen LogP contribution in [0.1, 0.15) is 19.4 Å². The number of morpholine rings is 1. The molecule has 110 valence electrons. The van der Waals surface area contributed by atoms with Crippen molar-refractivity contribution in [2.24, 2.45) is 0 Å². The first-order chi connectivity index (χ1) is 9.35. The van der Waals surface area contributed by atoms with Crippen LogP contribution >= 0.6 is 0 Å². The lowest BCUT2D eigenvalue weighted by Gasteiger charge is -2.37. The molecule has 1 aliphatic heterocycles. The molecule has 0 unspecified atom stereocenters. The third kappa shape index (κ3) is 3.95. The number of ether oxygens (including phenoxy) is 1. The van der Waals surface area contributed by atoms with Crippen LogP contribution in [-0.4, -0.2) is 42.6 Å². The van der Waals surface area contributed by atoms with E-state index in [9.17, 15) is 4.79 Å². The highest BCUT2D eigenvalue weighted by Crippen LogP contribution is 2.19. The molecule has 1 aromatic carbocycles. The summed E-state index contributed by atoms with van der Waals surface area (Å²) in [5, 5.41) is 2.92. The molecule has 3 N–H and O–H groups in total. The summed E-state index contributed by atoms with van der Waals surface area (Å²) >= 11 is 0. The highest BCUT2D eigenvalue weighted by molar-refractivity contribution is 5.93. The first-order valence-electron chi connectivity index (χ1n) is 6.88. The number of benzene rings is 1. The number of carbonyl (C=O) groups excluding carboxylic acids is 1. The van der Waals surface area contributed by atoms with Gasteiger partial charge in [0.1, 0.15) is 0 Å². The zero-order chi connectivity index (χ0) is 14.8. The number of nitrogens with two attached hydrogens (primary N) is 1. The molecule has 0 aliphatic carbocycles. The summed E-state index contributed by atoms with van der Waals surface area (Å²) in [5.41, 5.74) is 8.00. The van der Waals surface area contributed by atoms with Gasteiger partial charge < -0.3 is 15.8 Å². The molecular weight excluding hydrogens is 254 g/mol. The van der Waals surface area contributed by atoms with E-state index in [1.807, 2.05) is 32.9 Å². The van der Waals surface area contributed by atoms with Crippen molar-refractivity contribution in [1.29, 1.82) is 0 Å². The van der Waals surface area contributed by atoms with Crippen molar-refractivity contribution in [3.63, 3.8) is 0 Å². The summed E-state index contributed by atoms with van der Waals surface area (Å²) in [6.07, 6.45) is 0. The molecule has 1 aliphatic rings. The Morgan fingerprint density at radius 2 is 2.25 bits per heavy atom. The Hall–Kier alpha value is -1.59. The van der Waals surface area contributed by atoms with Crippen LogP contribution in [0.15, 0.2) is 18.2 Å². The minimum atomic E-state index is -0.189. The number of rotatable bonds is 3. The van der Waals surface area contributed by atoms with Gasteiger partial charge in [0.2, 0.25) is 5.91 Å². The summed E-state index contributed by atoms with van der Waals surface area (Å²) in [4.78, 5) is 14.2. The number of carbonyl (C=O) groups is 1. The highest BCUT2D eigenvalue weighted by Gasteiger charge is 2.28. The lowest BCUT2D eigenvalue weighted by atomic mass is 10.1. The van der Waals surface area contributed by atoms with E-state index in [0.717, 1.165) is 24.3 Å². The Bertz CT molecular complexity index is 500. The van der Waals surface area contributed by atoms with Gasteiger partial charge in [-0.05, 0) is 38.5 Å². The van der Waals surface area contributed by atoms with Crippen LogP contribution in [0, 0.1) is 6.92 Å². The Kier molecular flexibility index (Phi) is 4.30. The van der Waals surface area contributed by atoms with Gasteiger partial charge in [-0.1, -0.05) is 6.07 Å². The topological polar surface area (TPSA) is 67.6 Å². The minimum Gasteiger partial charge on any atom is -0.399 e. The number of nitrogens with zero attached hydrogens (tertiary/aromatic N) is 1. The van der Waals surface area contributed by atoms with Gasteiger partial charge in [0, 0.05) is 24.5 Å². The number of anilines is 2. The van der Waals surface area contributed by atoms with Crippen LogP contribution in [0.3, 0.4) is 0 Å². The summed E-state index contributed by atoms with van der Waals surface area (Å²) < 4.78 is 5.64. The average Bonchev–Trinajstić information content (AvgIpc) is 2.32. The molecule has 2 rings (SSSR count). The first-order valence-corrected chi connectivity index (χ1v) is 6.88. The second-order valence-corrected chi connectivity index (χ2v) is 5.94. The minimum absolute atomic E-state index is 0.0172. The van der Waals surface area contributed by atoms with Crippen LogP contribution in [0.5, 0.6) is 0 Å². The molecule has 1 fully saturated rings. The Morgan fingerprint density at radius 3 is 2.95 bits per heavy atom. The maximum Gasteiger partial charge on any atom is 0.238 e. The van der Waals surface area contributed by atoms with Crippen LogP contribution < -0.4 is 11.1 Å². The van der Waals surface area contributed by atoms with E-state index in [-0.39, 0.29) is 11.5 Å². The largest absolute Gasteiger partial charge is 0.399 e. The zero-order valence-corrected chi connectivity index (χ0v) is 12.4. The average molecular weight is 277 g/mol. The van der Waals surface area contributed by atoms with Gasteiger partial charge >= 0.3 is 0 Å². The summed E-state index contributed by atoms with van der Waals surface area (Å²) in [7, 11) is 0. The predicted molar refractivity (Wildman–Crippen MR) is 80.7 cm³/mol. The maximum absolute atomic E-state index is 12.1. The first kappa shape index (κ1) is 14.8. The van der Waals surface area contributed by atoms with Gasteiger partial charge in [-0.2, -0.15) is 0 Å². The smallest absolute Gasteiger partial charge is 0.238 e. The quantitative estimate of drug-likeness (QED) is 0.824. The van der Waals surface area contributed by atoms with E-state index in [1.54, 1.807) is 6.07 Å². The van der Waals surface area contributed by atoms with Crippen molar-refractivity contribution in [3.8, 4) is 0 Å². The molecule has 1 aromatic rings. The molecule has 20 heavy (non-hydrogen) atoms. The van der Waals surface area contributed by atoms with Gasteiger partial charge in [-0.15, -0.1) is 0 Å². The Balaban J connectivity index is 1.94. The van der Waals surface area contributed by atoms with E-state index >= 15 is 0 Å². The number of amides is 1. The van der Waals surface area contributed by atoms with Gasteiger partial charge in [-0.3, -0.25) is 9.69 Å². The van der Waals surface area contributed by atoms with Gasteiger partial charge in [0.05, 0.1) is 18.8 Å². The third-order valence-corrected chi connectivity index (χ3v) is 3.41. The molecule has 0 radical (unpaired) electrons. The normalized spacial score (nSPS) is 18.8. The molecule has 1 heterocycles. The predicted octanol–water partition coefficient (Wildman–Crippen LogP) is 1.63. The summed E-state index contributed by atoms with van der Waals surface area (Å²) in [5.74, 6) is -0.0172. The number of hydrogen-bond donors (Lipinski definition) is 2. The Labute approximate surface area is 120 Å². The third-order valence-electron chi connectivity index (χ3n) is 3.41. The van der Waals surface area contributed by atoms with E-state index < -0.39 is 0 Å². The van der Waals surface area contributed by atoms with Crippen LogP contribution in [0.2, 0.25) is 0 Å². The van der Waals surface area contributed by atoms with Crippen molar-refractivity contribution >= 4 is 17.3 Å². The van der Waals surface area contributed by atoms with Gasteiger partial charge in [0.15, 0.2) is 0 Å². The van der Waals surface area contributed by atoms with Crippen molar-refractivity contribution in [2.45, 2.75) is 26.4 Å². The maximum atomic E-state index is 12.1. The van der Waals surface area contributed by atoms with Crippen LogP contribution in [0.25, 0.3) is 0 Å². The SMILES string of the molecule is Cc1ccc(N)cc1NC(=O)CN1CCOC(C)(C)C1. The van der Waals surface area contributed by atoms with Crippen molar-refractivity contribution < 1.29 is 9.53 Å². The van der Waals surface area contributed by atoms with Crippen LogP contribution in [0.4, 0.5) is 11.4 Å². The van der Waals surface area contributed by atoms with E-state index in [4.69, 9.17) is 10.5 Å². The number of nitrogens with one attached hydrogen (secondary N) is 1. The van der Waals surface area contributed by atoms with Gasteiger partial charge in [0.25, 0.3) is 0 Å². The van der Waals surface area contributed by atoms with E-state index in [1.165, 1.54) is 0 Å². The highest BCUT2D eigenvalue weighted by atomic mass is 16.5. The number of hydrogen-bond acceptors (Lipinski definition) is 4. The molecule has 0 aromatic heterocycles. The fraction of sp³-hybridized carbons (Fsp3) is 0.533. The number of nitrogen functional groups attached to an aromatic ring is 1. The monoisotopic (exact) mass is 277 g/mol. The standard InChI is InChI=1S/C15H23N3O2/c1-11-4-5-12(16)8-13(11)17-14(19)9-18-6-7-20-15(2,3)10-18/h4-5,8H,6-7,9-10,16H2,1-3H3,(H,17,19). The van der Waals surface area contributed by atoms with Crippen molar-refractivity contribution in [1.82, 2.24) is 4.90 Å². The van der Waals surface area contributed by atoms with E-state index in [2.05, 4.69) is 10.2 Å². The molecule has 0 atom stereocenters. The lowest BCUT2D eigenvalue weighted by molar-refractivity contribution is -0.122. The molecule has 5 heteroatoms. The fourth-order valence-corrected chi connectivity index (χ4v) is 2.42.